The molecule has 0 amide bonds. The van der Waals surface area contributed by atoms with Crippen molar-refractivity contribution in [1.29, 1.82) is 5.41 Å². The van der Waals surface area contributed by atoms with E-state index in [-0.39, 0.29) is 30.8 Å². The Morgan fingerprint density at radius 1 is 1.50 bits per heavy atom. The Hall–Kier alpha value is -1.24. The maximum atomic E-state index is 7.44. The molecule has 8 heteroatoms. The molecule has 0 fully saturated rings. The fourth-order valence-corrected chi connectivity index (χ4v) is 2.00. The van der Waals surface area contributed by atoms with Gasteiger partial charge in [0.15, 0.2) is 5.96 Å². The molecule has 0 unspecified atom stereocenters. The number of guanidine groups is 1. The molecule has 1 aromatic heterocycles. The van der Waals surface area contributed by atoms with Crippen molar-refractivity contribution in [2.75, 3.05) is 32.1 Å². The van der Waals surface area contributed by atoms with Crippen molar-refractivity contribution >= 4 is 36.6 Å². The van der Waals surface area contributed by atoms with Crippen LogP contribution in [0.25, 0.3) is 0 Å². The molecule has 2 heterocycles. The van der Waals surface area contributed by atoms with Gasteiger partial charge in [-0.05, 0) is 11.6 Å². The first-order valence-electron chi connectivity index (χ1n) is 6.01. The van der Waals surface area contributed by atoms with Crippen molar-refractivity contribution in [1.82, 2.24) is 9.88 Å². The minimum Gasteiger partial charge on any atom is -0.383 e. The highest BCUT2D eigenvalue weighted by atomic mass is 35.5. The normalized spacial score (nSPS) is 12.8. The molecular weight excluding hydrogens is 301 g/mol. The lowest BCUT2D eigenvalue weighted by Crippen LogP contribution is -2.40. The molecule has 0 aromatic carbocycles. The Balaban J connectivity index is 0.00000180. The summed E-state index contributed by atoms with van der Waals surface area (Å²) in [6.45, 7) is 2.85. The monoisotopic (exact) mass is 321 g/mol. The van der Waals surface area contributed by atoms with E-state index in [1.807, 2.05) is 17.0 Å². The second-order valence-corrected chi connectivity index (χ2v) is 4.28. The van der Waals surface area contributed by atoms with E-state index in [1.54, 1.807) is 7.11 Å². The Morgan fingerprint density at radius 2 is 2.25 bits per heavy atom. The average molecular weight is 322 g/mol. The van der Waals surface area contributed by atoms with Crippen molar-refractivity contribution in [3.63, 3.8) is 0 Å². The zero-order chi connectivity index (χ0) is 13.0. The topological polar surface area (TPSA) is 87.3 Å². The molecule has 6 nitrogen and oxygen atoms in total. The number of rotatable bonds is 4. The van der Waals surface area contributed by atoms with Gasteiger partial charge < -0.3 is 20.7 Å². The Bertz CT molecular complexity index is 444. The summed E-state index contributed by atoms with van der Waals surface area (Å²) in [4.78, 5) is 6.42. The van der Waals surface area contributed by atoms with Gasteiger partial charge >= 0.3 is 0 Å². The molecule has 2 rings (SSSR count). The van der Waals surface area contributed by atoms with E-state index < -0.39 is 0 Å². The van der Waals surface area contributed by atoms with Crippen LogP contribution in [0.15, 0.2) is 12.1 Å². The number of ether oxygens (including phenoxy) is 1. The number of hydrogen-bond acceptors (Lipinski definition) is 4. The van der Waals surface area contributed by atoms with Crippen LogP contribution in [-0.4, -0.2) is 42.6 Å². The second-order valence-electron chi connectivity index (χ2n) is 4.28. The fraction of sp³-hybridized carbons (Fsp3) is 0.500. The van der Waals surface area contributed by atoms with Gasteiger partial charge in [0, 0.05) is 38.9 Å². The van der Waals surface area contributed by atoms with Crippen molar-refractivity contribution < 1.29 is 4.74 Å². The minimum atomic E-state index is 0. The highest BCUT2D eigenvalue weighted by Crippen LogP contribution is 2.18. The summed E-state index contributed by atoms with van der Waals surface area (Å²) >= 11 is 0. The molecule has 0 saturated heterocycles. The van der Waals surface area contributed by atoms with Gasteiger partial charge in [-0.3, -0.25) is 5.41 Å². The number of anilines is 1. The first-order valence-corrected chi connectivity index (χ1v) is 6.01. The molecule has 1 aliphatic heterocycles. The molecule has 0 saturated carbocycles. The fourth-order valence-electron chi connectivity index (χ4n) is 2.00. The van der Waals surface area contributed by atoms with E-state index in [4.69, 9.17) is 15.9 Å². The summed E-state index contributed by atoms with van der Waals surface area (Å²) in [5.41, 5.74) is 7.74. The average Bonchev–Trinajstić information content (AvgIpc) is 2.38. The van der Waals surface area contributed by atoms with Crippen molar-refractivity contribution in [3.05, 3.63) is 23.4 Å². The maximum absolute atomic E-state index is 7.44. The SMILES string of the molecule is COCCNc1ccc2c(n1)CCN(C(=N)N)C2.Cl.Cl. The molecule has 114 valence electrons. The summed E-state index contributed by atoms with van der Waals surface area (Å²) in [5, 5.41) is 10.7. The number of nitrogens with one attached hydrogen (secondary N) is 2. The molecule has 0 radical (unpaired) electrons. The maximum Gasteiger partial charge on any atom is 0.188 e. The molecule has 1 aromatic rings. The first kappa shape index (κ1) is 18.8. The Labute approximate surface area is 131 Å². The lowest BCUT2D eigenvalue weighted by molar-refractivity contribution is 0.210. The quantitative estimate of drug-likeness (QED) is 0.441. The van der Waals surface area contributed by atoms with Gasteiger partial charge in [0.1, 0.15) is 5.82 Å². The van der Waals surface area contributed by atoms with Crippen LogP contribution >= 0.6 is 24.8 Å². The van der Waals surface area contributed by atoms with Crippen LogP contribution in [0.1, 0.15) is 11.3 Å². The molecule has 1 aliphatic rings. The second kappa shape index (κ2) is 8.84. The van der Waals surface area contributed by atoms with Gasteiger partial charge in [-0.15, -0.1) is 24.8 Å². The van der Waals surface area contributed by atoms with Gasteiger partial charge in [-0.25, -0.2) is 4.98 Å². The van der Waals surface area contributed by atoms with E-state index in [9.17, 15) is 0 Å². The van der Waals surface area contributed by atoms with E-state index >= 15 is 0 Å². The van der Waals surface area contributed by atoms with Crippen LogP contribution < -0.4 is 11.1 Å². The van der Waals surface area contributed by atoms with Crippen LogP contribution in [-0.2, 0) is 17.7 Å². The molecule has 4 N–H and O–H groups in total. The summed E-state index contributed by atoms with van der Waals surface area (Å²) in [5.74, 6) is 1.00. The van der Waals surface area contributed by atoms with Crippen LogP contribution in [0.4, 0.5) is 5.82 Å². The zero-order valence-corrected chi connectivity index (χ0v) is 13.0. The van der Waals surface area contributed by atoms with Crippen molar-refractivity contribution in [3.8, 4) is 0 Å². The number of fused-ring (bicyclic) bond motifs is 1. The minimum absolute atomic E-state index is 0. The summed E-state index contributed by atoms with van der Waals surface area (Å²) < 4.78 is 4.98. The van der Waals surface area contributed by atoms with E-state index in [1.165, 1.54) is 0 Å². The summed E-state index contributed by atoms with van der Waals surface area (Å²) in [7, 11) is 1.68. The van der Waals surface area contributed by atoms with E-state index in [2.05, 4.69) is 10.3 Å². The summed E-state index contributed by atoms with van der Waals surface area (Å²) in [6, 6.07) is 4.00. The van der Waals surface area contributed by atoms with Crippen LogP contribution in [0.5, 0.6) is 0 Å². The van der Waals surface area contributed by atoms with Gasteiger partial charge in [0.05, 0.1) is 6.61 Å². The number of nitrogens with two attached hydrogens (primary N) is 1. The smallest absolute Gasteiger partial charge is 0.188 e. The van der Waals surface area contributed by atoms with Gasteiger partial charge in [0.2, 0.25) is 0 Å². The van der Waals surface area contributed by atoms with Gasteiger partial charge in [-0.2, -0.15) is 0 Å². The van der Waals surface area contributed by atoms with Gasteiger partial charge in [-0.1, -0.05) is 6.07 Å². The molecule has 0 bridgehead atoms. The number of pyridine rings is 1. The molecular formula is C12H21Cl2N5O. The number of hydrogen-bond donors (Lipinski definition) is 3. The molecule has 0 spiro atoms. The summed E-state index contributed by atoms with van der Waals surface area (Å²) in [6.07, 6.45) is 0.828. The van der Waals surface area contributed by atoms with E-state index in [0.29, 0.717) is 13.2 Å². The third kappa shape index (κ3) is 4.70. The third-order valence-corrected chi connectivity index (χ3v) is 3.00. The number of aromatic nitrogens is 1. The zero-order valence-electron chi connectivity index (χ0n) is 11.4. The molecule has 0 aliphatic carbocycles. The van der Waals surface area contributed by atoms with Crippen molar-refractivity contribution in [2.45, 2.75) is 13.0 Å². The highest BCUT2D eigenvalue weighted by Gasteiger charge is 2.18. The van der Waals surface area contributed by atoms with Gasteiger partial charge in [0.25, 0.3) is 0 Å². The predicted octanol–water partition coefficient (Wildman–Crippen LogP) is 1.24. The number of nitrogens with zero attached hydrogens (tertiary/aromatic N) is 2. The number of halogens is 2. The van der Waals surface area contributed by atoms with Crippen molar-refractivity contribution in [2.24, 2.45) is 5.73 Å². The van der Waals surface area contributed by atoms with Crippen LogP contribution in [0.2, 0.25) is 0 Å². The lowest BCUT2D eigenvalue weighted by atomic mass is 10.1. The third-order valence-electron chi connectivity index (χ3n) is 3.00. The first-order chi connectivity index (χ1) is 8.70. The lowest BCUT2D eigenvalue weighted by Gasteiger charge is -2.28. The highest BCUT2D eigenvalue weighted by molar-refractivity contribution is 5.85. The largest absolute Gasteiger partial charge is 0.383 e. The van der Waals surface area contributed by atoms with Crippen LogP contribution in [0.3, 0.4) is 0 Å². The Kier molecular flexibility index (Phi) is 8.29. The molecule has 20 heavy (non-hydrogen) atoms. The Morgan fingerprint density at radius 3 is 2.90 bits per heavy atom. The number of methoxy groups -OCH3 is 1. The molecule has 0 atom stereocenters. The standard InChI is InChI=1S/C12H19N5O.2ClH/c1-18-7-5-15-11-3-2-9-8-17(12(13)14)6-4-10(9)16-11;;/h2-3H,4-8H2,1H3,(H3,13,14)(H,15,16);2*1H. The predicted molar refractivity (Wildman–Crippen MR) is 85.1 cm³/mol. The van der Waals surface area contributed by atoms with Crippen LogP contribution in [0, 0.1) is 5.41 Å². The van der Waals surface area contributed by atoms with E-state index in [0.717, 1.165) is 36.6 Å².